The quantitative estimate of drug-likeness (QED) is 0.917. The molecule has 1 atom stereocenters. The number of hydrogen-bond acceptors (Lipinski definition) is 3. The molecule has 0 aromatic heterocycles. The van der Waals surface area contributed by atoms with Crippen molar-refractivity contribution in [2.45, 2.75) is 13.3 Å². The third-order valence-electron chi connectivity index (χ3n) is 3.67. The molecule has 1 amide bonds. The minimum atomic E-state index is -0.948. The van der Waals surface area contributed by atoms with E-state index in [2.05, 4.69) is 0 Å². The Balaban J connectivity index is 2.25. The van der Waals surface area contributed by atoms with E-state index >= 15 is 0 Å². The number of rotatable bonds is 3. The standard InChI is InChI=1S/C14H16FNO4/c1-14(13(18)19)5-6-16(8-14)12(17)10-7-9(15)3-4-11(10)20-2/h3-4,7H,5-6,8H2,1-2H3,(H,18,19). The number of halogens is 1. The largest absolute Gasteiger partial charge is 0.496 e. The smallest absolute Gasteiger partial charge is 0.311 e. The van der Waals surface area contributed by atoms with Gasteiger partial charge in [-0.3, -0.25) is 9.59 Å². The van der Waals surface area contributed by atoms with Gasteiger partial charge in [0.1, 0.15) is 11.6 Å². The SMILES string of the molecule is COc1ccc(F)cc1C(=O)N1CCC(C)(C(=O)O)C1. The zero-order chi connectivity index (χ0) is 14.9. The fraction of sp³-hybridized carbons (Fsp3) is 0.429. The third kappa shape index (κ3) is 2.45. The maximum atomic E-state index is 13.3. The number of ether oxygens (including phenoxy) is 1. The molecule has 1 aliphatic rings. The molecular weight excluding hydrogens is 265 g/mol. The maximum Gasteiger partial charge on any atom is 0.311 e. The normalized spacial score (nSPS) is 21.9. The van der Waals surface area contributed by atoms with Gasteiger partial charge in [0, 0.05) is 13.1 Å². The highest BCUT2D eigenvalue weighted by molar-refractivity contribution is 5.97. The van der Waals surface area contributed by atoms with Crippen molar-refractivity contribution in [3.63, 3.8) is 0 Å². The van der Waals surface area contributed by atoms with E-state index in [0.717, 1.165) is 6.07 Å². The van der Waals surface area contributed by atoms with Crippen molar-refractivity contribution in [3.05, 3.63) is 29.6 Å². The Morgan fingerprint density at radius 1 is 1.45 bits per heavy atom. The number of aliphatic carboxylic acids is 1. The summed E-state index contributed by atoms with van der Waals surface area (Å²) >= 11 is 0. The van der Waals surface area contributed by atoms with Crippen molar-refractivity contribution in [3.8, 4) is 5.75 Å². The fourth-order valence-corrected chi connectivity index (χ4v) is 2.33. The van der Waals surface area contributed by atoms with Gasteiger partial charge in [0.05, 0.1) is 18.1 Å². The Kier molecular flexibility index (Phi) is 3.65. The molecule has 1 aliphatic heterocycles. The summed E-state index contributed by atoms with van der Waals surface area (Å²) < 4.78 is 18.3. The monoisotopic (exact) mass is 281 g/mol. The zero-order valence-electron chi connectivity index (χ0n) is 11.4. The molecule has 6 heteroatoms. The summed E-state index contributed by atoms with van der Waals surface area (Å²) in [5.74, 6) is -1.60. The van der Waals surface area contributed by atoms with Gasteiger partial charge >= 0.3 is 5.97 Å². The molecule has 108 valence electrons. The van der Waals surface area contributed by atoms with Crippen LogP contribution in [0, 0.1) is 11.2 Å². The summed E-state index contributed by atoms with van der Waals surface area (Å²) in [5, 5.41) is 9.16. The van der Waals surface area contributed by atoms with Crippen molar-refractivity contribution in [2.75, 3.05) is 20.2 Å². The minimum Gasteiger partial charge on any atom is -0.496 e. The Hall–Kier alpha value is -2.11. The molecule has 0 saturated carbocycles. The molecule has 0 bridgehead atoms. The minimum absolute atomic E-state index is 0.112. The van der Waals surface area contributed by atoms with E-state index in [0.29, 0.717) is 13.0 Å². The second-order valence-electron chi connectivity index (χ2n) is 5.19. The van der Waals surface area contributed by atoms with Gasteiger partial charge in [0.25, 0.3) is 5.91 Å². The number of likely N-dealkylation sites (tertiary alicyclic amines) is 1. The van der Waals surface area contributed by atoms with Crippen molar-refractivity contribution in [2.24, 2.45) is 5.41 Å². The average molecular weight is 281 g/mol. The highest BCUT2D eigenvalue weighted by Gasteiger charge is 2.42. The van der Waals surface area contributed by atoms with Gasteiger partial charge < -0.3 is 14.7 Å². The molecule has 5 nitrogen and oxygen atoms in total. The molecule has 2 rings (SSSR count). The highest BCUT2D eigenvalue weighted by atomic mass is 19.1. The van der Waals surface area contributed by atoms with Gasteiger partial charge in [-0.2, -0.15) is 0 Å². The third-order valence-corrected chi connectivity index (χ3v) is 3.67. The van der Waals surface area contributed by atoms with Crippen LogP contribution in [0.3, 0.4) is 0 Å². The first-order chi connectivity index (χ1) is 9.37. The van der Waals surface area contributed by atoms with E-state index in [9.17, 15) is 14.0 Å². The number of methoxy groups -OCH3 is 1. The molecule has 0 aliphatic carbocycles. The van der Waals surface area contributed by atoms with Gasteiger partial charge in [-0.1, -0.05) is 0 Å². The maximum absolute atomic E-state index is 13.3. The predicted octanol–water partition coefficient (Wildman–Crippen LogP) is 1.77. The van der Waals surface area contributed by atoms with Crippen molar-refractivity contribution in [1.82, 2.24) is 4.90 Å². The first-order valence-corrected chi connectivity index (χ1v) is 6.23. The Morgan fingerprint density at radius 2 is 2.15 bits per heavy atom. The Bertz CT molecular complexity index is 560. The molecule has 1 N–H and O–H groups in total. The van der Waals surface area contributed by atoms with Crippen LogP contribution in [0.15, 0.2) is 18.2 Å². The van der Waals surface area contributed by atoms with Crippen LogP contribution in [0.2, 0.25) is 0 Å². The lowest BCUT2D eigenvalue weighted by molar-refractivity contribution is -0.147. The van der Waals surface area contributed by atoms with Crippen molar-refractivity contribution >= 4 is 11.9 Å². The molecular formula is C14H16FNO4. The lowest BCUT2D eigenvalue weighted by Gasteiger charge is -2.21. The van der Waals surface area contributed by atoms with Crippen LogP contribution in [0.25, 0.3) is 0 Å². The fourth-order valence-electron chi connectivity index (χ4n) is 2.33. The summed E-state index contributed by atoms with van der Waals surface area (Å²) in [6.07, 6.45) is 0.381. The molecule has 0 radical (unpaired) electrons. The van der Waals surface area contributed by atoms with E-state index in [1.165, 1.54) is 24.1 Å². The van der Waals surface area contributed by atoms with Crippen LogP contribution >= 0.6 is 0 Å². The average Bonchev–Trinajstić information content (AvgIpc) is 2.82. The van der Waals surface area contributed by atoms with Crippen molar-refractivity contribution < 1.29 is 23.8 Å². The number of carbonyl (C=O) groups is 2. The molecule has 1 aromatic carbocycles. The lowest BCUT2D eigenvalue weighted by atomic mass is 9.90. The van der Waals surface area contributed by atoms with Gasteiger partial charge in [0.15, 0.2) is 0 Å². The summed E-state index contributed by atoms with van der Waals surface area (Å²) in [7, 11) is 1.40. The lowest BCUT2D eigenvalue weighted by Crippen LogP contribution is -2.35. The van der Waals surface area contributed by atoms with E-state index in [4.69, 9.17) is 9.84 Å². The number of carboxylic acids is 1. The van der Waals surface area contributed by atoms with Gasteiger partial charge in [-0.25, -0.2) is 4.39 Å². The van der Waals surface area contributed by atoms with Crippen LogP contribution < -0.4 is 4.74 Å². The molecule has 1 saturated heterocycles. The van der Waals surface area contributed by atoms with E-state index in [-0.39, 0.29) is 17.9 Å². The summed E-state index contributed by atoms with van der Waals surface area (Å²) in [6.45, 7) is 2.05. The van der Waals surface area contributed by atoms with Crippen LogP contribution in [-0.4, -0.2) is 42.1 Å². The first kappa shape index (κ1) is 14.3. The van der Waals surface area contributed by atoms with Gasteiger partial charge in [-0.15, -0.1) is 0 Å². The van der Waals surface area contributed by atoms with Crippen LogP contribution in [0.5, 0.6) is 5.75 Å². The Morgan fingerprint density at radius 3 is 2.70 bits per heavy atom. The molecule has 20 heavy (non-hydrogen) atoms. The van der Waals surface area contributed by atoms with E-state index in [1.807, 2.05) is 0 Å². The number of nitrogens with zero attached hydrogens (tertiary/aromatic N) is 1. The van der Waals surface area contributed by atoms with Gasteiger partial charge in [0.2, 0.25) is 0 Å². The van der Waals surface area contributed by atoms with Crippen molar-refractivity contribution in [1.29, 1.82) is 0 Å². The van der Waals surface area contributed by atoms with E-state index in [1.54, 1.807) is 6.92 Å². The second-order valence-corrected chi connectivity index (χ2v) is 5.19. The number of carbonyl (C=O) groups excluding carboxylic acids is 1. The number of hydrogen-bond donors (Lipinski definition) is 1. The zero-order valence-corrected chi connectivity index (χ0v) is 11.4. The molecule has 1 fully saturated rings. The van der Waals surface area contributed by atoms with Crippen LogP contribution in [-0.2, 0) is 4.79 Å². The Labute approximate surface area is 116 Å². The van der Waals surface area contributed by atoms with Gasteiger partial charge in [-0.05, 0) is 31.5 Å². The predicted molar refractivity (Wildman–Crippen MR) is 69.2 cm³/mol. The summed E-state index contributed by atoms with van der Waals surface area (Å²) in [6, 6.07) is 3.70. The molecule has 1 aromatic rings. The first-order valence-electron chi connectivity index (χ1n) is 6.23. The number of carboxylic acid groups (broad SMARTS) is 1. The summed E-state index contributed by atoms with van der Waals surface area (Å²) in [4.78, 5) is 25.0. The molecule has 0 spiro atoms. The number of amides is 1. The van der Waals surface area contributed by atoms with E-state index < -0.39 is 23.1 Å². The molecule has 1 unspecified atom stereocenters. The van der Waals surface area contributed by atoms with Crippen LogP contribution in [0.1, 0.15) is 23.7 Å². The molecule has 1 heterocycles. The second kappa shape index (κ2) is 5.11. The number of benzene rings is 1. The highest BCUT2D eigenvalue weighted by Crippen LogP contribution is 2.32. The summed E-state index contributed by atoms with van der Waals surface area (Å²) in [5.41, 5.74) is -0.835. The topological polar surface area (TPSA) is 66.8 Å². The van der Waals surface area contributed by atoms with Crippen LogP contribution in [0.4, 0.5) is 4.39 Å².